The van der Waals surface area contributed by atoms with Crippen molar-refractivity contribution in [1.29, 1.82) is 0 Å². The zero-order chi connectivity index (χ0) is 19.5. The molecule has 1 N–H and O–H groups in total. The van der Waals surface area contributed by atoms with Crippen LogP contribution in [0.1, 0.15) is 83.6 Å². The van der Waals surface area contributed by atoms with Gasteiger partial charge in [0.1, 0.15) is 6.33 Å². The molecule has 0 aliphatic rings. The second kappa shape index (κ2) is 11.9. The number of aliphatic hydroxyl groups excluding tert-OH is 1. The van der Waals surface area contributed by atoms with Gasteiger partial charge in [0.25, 0.3) is 0 Å². The van der Waals surface area contributed by atoms with E-state index in [9.17, 15) is 5.11 Å². The first kappa shape index (κ1) is 21.6. The topological polar surface area (TPSA) is 67.1 Å². The number of fused-ring (bicyclic) bond motifs is 1. The van der Waals surface area contributed by atoms with Crippen LogP contribution in [0.5, 0.6) is 0 Å². The Hall–Kier alpha value is -1.69. The average molecular weight is 376 g/mol. The maximum absolute atomic E-state index is 9.52. The third-order valence-corrected chi connectivity index (χ3v) is 5.26. The quantitative estimate of drug-likeness (QED) is 0.483. The molecule has 0 saturated heterocycles. The van der Waals surface area contributed by atoms with Crippen molar-refractivity contribution in [3.05, 3.63) is 12.7 Å². The van der Waals surface area contributed by atoms with Gasteiger partial charge < -0.3 is 14.6 Å². The molecule has 0 aromatic carbocycles. The SMILES string of the molecule is CCCCCCCCCCCC(CCO)n1cnc2c(N(C)C)ncnc21. The normalized spacial score (nSPS) is 12.6. The minimum Gasteiger partial charge on any atom is -0.396 e. The van der Waals surface area contributed by atoms with E-state index in [4.69, 9.17) is 0 Å². The van der Waals surface area contributed by atoms with Gasteiger partial charge in [0.2, 0.25) is 0 Å². The molecule has 0 aliphatic carbocycles. The van der Waals surface area contributed by atoms with Gasteiger partial charge in [-0.25, -0.2) is 15.0 Å². The second-order valence-electron chi connectivity index (χ2n) is 7.70. The zero-order valence-corrected chi connectivity index (χ0v) is 17.4. The van der Waals surface area contributed by atoms with E-state index < -0.39 is 0 Å². The van der Waals surface area contributed by atoms with Gasteiger partial charge >= 0.3 is 0 Å². The molecule has 0 amide bonds. The molecule has 27 heavy (non-hydrogen) atoms. The van der Waals surface area contributed by atoms with E-state index in [1.54, 1.807) is 6.33 Å². The summed E-state index contributed by atoms with van der Waals surface area (Å²) in [4.78, 5) is 15.3. The van der Waals surface area contributed by atoms with Crippen LogP contribution in [0, 0.1) is 0 Å². The summed E-state index contributed by atoms with van der Waals surface area (Å²) in [5.41, 5.74) is 1.69. The van der Waals surface area contributed by atoms with Crippen molar-refractivity contribution in [3.63, 3.8) is 0 Å². The van der Waals surface area contributed by atoms with Crippen LogP contribution in [0.2, 0.25) is 0 Å². The predicted molar refractivity (Wildman–Crippen MR) is 112 cm³/mol. The van der Waals surface area contributed by atoms with Gasteiger partial charge in [0, 0.05) is 26.7 Å². The van der Waals surface area contributed by atoms with Crippen molar-refractivity contribution in [1.82, 2.24) is 19.5 Å². The molecule has 0 radical (unpaired) electrons. The van der Waals surface area contributed by atoms with Gasteiger partial charge in [0.15, 0.2) is 17.0 Å². The standard InChI is InChI=1S/C21H37N5O/c1-4-5-6-7-8-9-10-11-12-13-18(14-15-27)26-17-24-19-20(25(2)3)22-16-23-21(19)26/h16-18,27H,4-15H2,1-3H3. The molecule has 0 spiro atoms. The molecule has 1 unspecified atom stereocenters. The number of anilines is 1. The largest absolute Gasteiger partial charge is 0.396 e. The summed E-state index contributed by atoms with van der Waals surface area (Å²) in [6.45, 7) is 2.45. The van der Waals surface area contributed by atoms with Crippen LogP contribution in [-0.4, -0.2) is 45.3 Å². The van der Waals surface area contributed by atoms with Crippen molar-refractivity contribution in [2.45, 2.75) is 83.6 Å². The van der Waals surface area contributed by atoms with Crippen LogP contribution in [-0.2, 0) is 0 Å². The van der Waals surface area contributed by atoms with Crippen LogP contribution in [0.4, 0.5) is 5.82 Å². The third kappa shape index (κ3) is 6.45. The highest BCUT2D eigenvalue weighted by molar-refractivity contribution is 5.83. The lowest BCUT2D eigenvalue weighted by Gasteiger charge is -2.18. The maximum Gasteiger partial charge on any atom is 0.165 e. The van der Waals surface area contributed by atoms with E-state index in [1.165, 1.54) is 57.8 Å². The van der Waals surface area contributed by atoms with E-state index in [-0.39, 0.29) is 12.6 Å². The van der Waals surface area contributed by atoms with E-state index in [2.05, 4.69) is 26.4 Å². The minimum atomic E-state index is 0.188. The van der Waals surface area contributed by atoms with Gasteiger partial charge in [0.05, 0.1) is 6.33 Å². The Morgan fingerprint density at radius 2 is 1.59 bits per heavy atom. The van der Waals surface area contributed by atoms with E-state index in [1.807, 2.05) is 25.3 Å². The van der Waals surface area contributed by atoms with Crippen LogP contribution in [0.25, 0.3) is 11.2 Å². The summed E-state index contributed by atoms with van der Waals surface area (Å²) in [7, 11) is 3.93. The lowest BCUT2D eigenvalue weighted by molar-refractivity contribution is 0.251. The highest BCUT2D eigenvalue weighted by Crippen LogP contribution is 2.27. The third-order valence-electron chi connectivity index (χ3n) is 5.26. The van der Waals surface area contributed by atoms with Crippen molar-refractivity contribution in [2.24, 2.45) is 0 Å². The molecule has 6 nitrogen and oxygen atoms in total. The summed E-state index contributed by atoms with van der Waals surface area (Å²) in [6.07, 6.45) is 17.2. The predicted octanol–water partition coefficient (Wildman–Crippen LogP) is 4.74. The monoisotopic (exact) mass is 375 g/mol. The Bertz CT molecular complexity index is 655. The molecule has 0 saturated carbocycles. The fourth-order valence-corrected chi connectivity index (χ4v) is 3.70. The van der Waals surface area contributed by atoms with Crippen molar-refractivity contribution in [3.8, 4) is 0 Å². The first-order chi connectivity index (χ1) is 13.2. The highest BCUT2D eigenvalue weighted by atomic mass is 16.3. The number of aromatic nitrogens is 4. The van der Waals surface area contributed by atoms with E-state index >= 15 is 0 Å². The molecule has 2 aromatic rings. The van der Waals surface area contributed by atoms with Crippen LogP contribution >= 0.6 is 0 Å². The molecule has 0 bridgehead atoms. The van der Waals surface area contributed by atoms with Gasteiger partial charge in [-0.1, -0.05) is 64.7 Å². The van der Waals surface area contributed by atoms with Gasteiger partial charge in [-0.2, -0.15) is 0 Å². The Morgan fingerprint density at radius 1 is 0.926 bits per heavy atom. The lowest BCUT2D eigenvalue weighted by Crippen LogP contribution is -2.13. The van der Waals surface area contributed by atoms with Crippen molar-refractivity contribution >= 4 is 17.0 Å². The Kier molecular flexibility index (Phi) is 9.53. The average Bonchev–Trinajstić information content (AvgIpc) is 3.09. The minimum absolute atomic E-state index is 0.188. The van der Waals surface area contributed by atoms with Gasteiger partial charge in [-0.05, 0) is 12.8 Å². The first-order valence-electron chi connectivity index (χ1n) is 10.6. The van der Waals surface area contributed by atoms with Crippen molar-refractivity contribution in [2.75, 3.05) is 25.6 Å². The summed E-state index contributed by atoms with van der Waals surface area (Å²) in [6, 6.07) is 0.245. The maximum atomic E-state index is 9.52. The first-order valence-corrected chi connectivity index (χ1v) is 10.6. The Balaban J connectivity index is 1.86. The second-order valence-corrected chi connectivity index (χ2v) is 7.70. The number of imidazole rings is 1. The molecule has 0 fully saturated rings. The molecular weight excluding hydrogens is 338 g/mol. The lowest BCUT2D eigenvalue weighted by atomic mass is 10.0. The molecular formula is C21H37N5O. The molecule has 0 aliphatic heterocycles. The summed E-state index contributed by atoms with van der Waals surface area (Å²) in [5, 5.41) is 9.52. The van der Waals surface area contributed by atoms with Gasteiger partial charge in [-0.15, -0.1) is 0 Å². The molecule has 152 valence electrons. The summed E-state index contributed by atoms with van der Waals surface area (Å²) in [5.74, 6) is 0.838. The fourth-order valence-electron chi connectivity index (χ4n) is 3.70. The van der Waals surface area contributed by atoms with Crippen LogP contribution in [0.15, 0.2) is 12.7 Å². The number of aliphatic hydroxyl groups is 1. The number of hydrogen-bond donors (Lipinski definition) is 1. The Labute approximate surface area is 164 Å². The van der Waals surface area contributed by atoms with E-state index in [0.717, 1.165) is 29.8 Å². The van der Waals surface area contributed by atoms with Crippen LogP contribution in [0.3, 0.4) is 0 Å². The molecule has 2 rings (SSSR count). The van der Waals surface area contributed by atoms with E-state index in [0.29, 0.717) is 0 Å². The highest BCUT2D eigenvalue weighted by Gasteiger charge is 2.17. The fraction of sp³-hybridized carbons (Fsp3) is 0.762. The zero-order valence-electron chi connectivity index (χ0n) is 17.4. The van der Waals surface area contributed by atoms with Crippen molar-refractivity contribution < 1.29 is 5.11 Å². The summed E-state index contributed by atoms with van der Waals surface area (Å²) < 4.78 is 2.13. The number of unbranched alkanes of at least 4 members (excludes halogenated alkanes) is 8. The molecule has 2 aromatic heterocycles. The van der Waals surface area contributed by atoms with Crippen LogP contribution < -0.4 is 4.90 Å². The van der Waals surface area contributed by atoms with Gasteiger partial charge in [-0.3, -0.25) is 0 Å². The number of rotatable bonds is 14. The number of nitrogens with zero attached hydrogens (tertiary/aromatic N) is 5. The molecule has 6 heteroatoms. The molecule has 1 atom stereocenters. The Morgan fingerprint density at radius 3 is 2.22 bits per heavy atom. The smallest absolute Gasteiger partial charge is 0.165 e. The number of hydrogen-bond acceptors (Lipinski definition) is 5. The summed E-state index contributed by atoms with van der Waals surface area (Å²) >= 11 is 0. The molecule has 2 heterocycles.